The van der Waals surface area contributed by atoms with Crippen molar-refractivity contribution in [2.24, 2.45) is 0 Å². The zero-order valence-corrected chi connectivity index (χ0v) is 17.7. The molecule has 4 rings (SSSR count). The maximum Gasteiger partial charge on any atom is 0.338 e. The number of hydrogen-bond donors (Lipinski definition) is 1. The van der Waals surface area contributed by atoms with Crippen LogP contribution in [0.15, 0.2) is 30.6 Å². The molecule has 2 aliphatic rings. The summed E-state index contributed by atoms with van der Waals surface area (Å²) in [7, 11) is 0. The van der Waals surface area contributed by atoms with E-state index in [1.165, 1.54) is 37.2 Å². The van der Waals surface area contributed by atoms with E-state index in [1.54, 1.807) is 0 Å². The van der Waals surface area contributed by atoms with Crippen molar-refractivity contribution in [3.05, 3.63) is 46.7 Å². The van der Waals surface area contributed by atoms with Gasteiger partial charge in [-0.05, 0) is 43.6 Å². The molecular formula is C22H27ClN4O3. The van der Waals surface area contributed by atoms with Gasteiger partial charge in [-0.1, -0.05) is 24.1 Å². The topological polar surface area (TPSA) is 78.8 Å². The third-order valence-corrected chi connectivity index (χ3v) is 6.05. The van der Waals surface area contributed by atoms with E-state index in [0.717, 1.165) is 51.3 Å². The van der Waals surface area contributed by atoms with Crippen molar-refractivity contribution < 1.29 is 14.6 Å². The van der Waals surface area contributed by atoms with Gasteiger partial charge in [0.2, 0.25) is 5.95 Å². The molecule has 2 aromatic rings. The summed E-state index contributed by atoms with van der Waals surface area (Å²) in [5, 5.41) is 9.63. The van der Waals surface area contributed by atoms with Crippen LogP contribution in [0.2, 0.25) is 5.02 Å². The largest absolute Gasteiger partial charge is 0.489 e. The number of nitrogens with zero attached hydrogens (tertiary/aromatic N) is 4. The molecule has 0 unspecified atom stereocenters. The fraction of sp³-hybridized carbons (Fsp3) is 0.500. The van der Waals surface area contributed by atoms with E-state index in [4.69, 9.17) is 21.4 Å². The van der Waals surface area contributed by atoms with Crippen LogP contribution >= 0.6 is 11.6 Å². The van der Waals surface area contributed by atoms with Gasteiger partial charge in [-0.3, -0.25) is 4.90 Å². The quantitative estimate of drug-likeness (QED) is 0.745. The SMILES string of the molecule is O=C(O)c1cnc(N2CCC(Oc3ccc(CN4CCCCC4)cc3Cl)CC2)nc1. The predicted octanol–water partition coefficient (Wildman–Crippen LogP) is 3.86. The summed E-state index contributed by atoms with van der Waals surface area (Å²) in [6.45, 7) is 4.77. The molecule has 7 nitrogen and oxygen atoms in total. The lowest BCUT2D eigenvalue weighted by atomic mass is 10.1. The summed E-state index contributed by atoms with van der Waals surface area (Å²) >= 11 is 6.51. The number of likely N-dealkylation sites (tertiary alicyclic amines) is 1. The summed E-state index contributed by atoms with van der Waals surface area (Å²) in [6.07, 6.45) is 8.33. The third-order valence-electron chi connectivity index (χ3n) is 5.75. The van der Waals surface area contributed by atoms with Gasteiger partial charge in [-0.25, -0.2) is 14.8 Å². The second-order valence-electron chi connectivity index (χ2n) is 7.98. The van der Waals surface area contributed by atoms with E-state index < -0.39 is 5.97 Å². The number of aromatic nitrogens is 2. The Morgan fingerprint density at radius 2 is 1.80 bits per heavy atom. The molecule has 0 spiro atoms. The van der Waals surface area contributed by atoms with Crippen molar-refractivity contribution in [2.75, 3.05) is 31.1 Å². The van der Waals surface area contributed by atoms with Crippen LogP contribution in [-0.2, 0) is 6.54 Å². The van der Waals surface area contributed by atoms with Crippen LogP contribution in [0.1, 0.15) is 48.0 Å². The highest BCUT2D eigenvalue weighted by molar-refractivity contribution is 6.32. The Kier molecular flexibility index (Phi) is 6.69. The maximum absolute atomic E-state index is 10.9. The van der Waals surface area contributed by atoms with Crippen LogP contribution in [0.3, 0.4) is 0 Å². The smallest absolute Gasteiger partial charge is 0.338 e. The highest BCUT2D eigenvalue weighted by Gasteiger charge is 2.23. The number of benzene rings is 1. The Bertz CT molecular complexity index is 863. The molecule has 2 saturated heterocycles. The van der Waals surface area contributed by atoms with E-state index >= 15 is 0 Å². The number of carboxylic acids is 1. The highest BCUT2D eigenvalue weighted by Crippen LogP contribution is 2.29. The normalized spacial score (nSPS) is 18.4. The zero-order valence-electron chi connectivity index (χ0n) is 17.0. The number of carbonyl (C=O) groups is 1. The average molecular weight is 431 g/mol. The lowest BCUT2D eigenvalue weighted by molar-refractivity contribution is 0.0696. The minimum absolute atomic E-state index is 0.0880. The fourth-order valence-corrected chi connectivity index (χ4v) is 4.31. The van der Waals surface area contributed by atoms with Gasteiger partial charge in [0, 0.05) is 44.9 Å². The first-order valence-corrected chi connectivity index (χ1v) is 10.9. The van der Waals surface area contributed by atoms with Crippen LogP contribution in [0.4, 0.5) is 5.95 Å². The summed E-state index contributed by atoms with van der Waals surface area (Å²) < 4.78 is 6.18. The minimum atomic E-state index is -1.02. The second kappa shape index (κ2) is 9.62. The van der Waals surface area contributed by atoms with Gasteiger partial charge in [0.25, 0.3) is 0 Å². The van der Waals surface area contributed by atoms with Crippen molar-refractivity contribution in [1.29, 1.82) is 0 Å². The van der Waals surface area contributed by atoms with Crippen LogP contribution in [0.5, 0.6) is 5.75 Å². The molecule has 3 heterocycles. The zero-order chi connectivity index (χ0) is 20.9. The first-order chi connectivity index (χ1) is 14.6. The first-order valence-electron chi connectivity index (χ1n) is 10.6. The number of anilines is 1. The molecule has 8 heteroatoms. The number of halogens is 1. The molecule has 0 radical (unpaired) electrons. The van der Waals surface area contributed by atoms with Crippen LogP contribution in [0.25, 0.3) is 0 Å². The standard InChI is InChI=1S/C22H27ClN4O3/c23-19-12-16(15-26-8-2-1-3-9-26)4-5-20(19)30-18-6-10-27(11-7-18)22-24-13-17(14-25-22)21(28)29/h4-5,12-14,18H,1-3,6-11,15H2,(H,28,29). The summed E-state index contributed by atoms with van der Waals surface area (Å²) in [4.78, 5) is 23.8. The summed E-state index contributed by atoms with van der Waals surface area (Å²) in [5.74, 6) is 0.269. The Morgan fingerprint density at radius 3 is 2.43 bits per heavy atom. The molecule has 0 saturated carbocycles. The number of aromatic carboxylic acids is 1. The number of rotatable bonds is 6. The summed E-state index contributed by atoms with van der Waals surface area (Å²) in [5.41, 5.74) is 1.32. The van der Waals surface area contributed by atoms with Gasteiger partial charge in [0.1, 0.15) is 11.9 Å². The molecule has 30 heavy (non-hydrogen) atoms. The van der Waals surface area contributed by atoms with E-state index in [1.807, 2.05) is 12.1 Å². The molecule has 1 aromatic heterocycles. The van der Waals surface area contributed by atoms with Crippen molar-refractivity contribution in [2.45, 2.75) is 44.8 Å². The molecule has 2 aliphatic heterocycles. The molecule has 0 atom stereocenters. The molecule has 1 aromatic carbocycles. The van der Waals surface area contributed by atoms with Gasteiger partial charge in [-0.15, -0.1) is 0 Å². The third kappa shape index (κ3) is 5.21. The Labute approximate surface area is 181 Å². The second-order valence-corrected chi connectivity index (χ2v) is 8.39. The van der Waals surface area contributed by atoms with Gasteiger partial charge < -0.3 is 14.7 Å². The maximum atomic E-state index is 10.9. The Morgan fingerprint density at radius 1 is 1.10 bits per heavy atom. The predicted molar refractivity (Wildman–Crippen MR) is 115 cm³/mol. The van der Waals surface area contributed by atoms with E-state index in [2.05, 4.69) is 25.8 Å². The van der Waals surface area contributed by atoms with E-state index in [0.29, 0.717) is 11.0 Å². The molecular weight excluding hydrogens is 404 g/mol. The lowest BCUT2D eigenvalue weighted by Crippen LogP contribution is -2.39. The van der Waals surface area contributed by atoms with E-state index in [9.17, 15) is 4.79 Å². The highest BCUT2D eigenvalue weighted by atomic mass is 35.5. The number of carboxylic acid groups (broad SMARTS) is 1. The van der Waals surface area contributed by atoms with Crippen LogP contribution in [0, 0.1) is 0 Å². The van der Waals surface area contributed by atoms with E-state index in [-0.39, 0.29) is 11.7 Å². The van der Waals surface area contributed by atoms with Crippen molar-refractivity contribution in [1.82, 2.24) is 14.9 Å². The number of hydrogen-bond acceptors (Lipinski definition) is 6. The van der Waals surface area contributed by atoms with Gasteiger partial charge in [0.15, 0.2) is 0 Å². The number of ether oxygens (including phenoxy) is 1. The lowest BCUT2D eigenvalue weighted by Gasteiger charge is -2.32. The molecule has 160 valence electrons. The van der Waals surface area contributed by atoms with Gasteiger partial charge in [-0.2, -0.15) is 0 Å². The molecule has 2 fully saturated rings. The number of piperidine rings is 2. The molecule has 1 N–H and O–H groups in total. The Balaban J connectivity index is 1.29. The minimum Gasteiger partial charge on any atom is -0.489 e. The molecule has 0 aliphatic carbocycles. The van der Waals surface area contributed by atoms with Crippen molar-refractivity contribution in [3.8, 4) is 5.75 Å². The molecule has 0 amide bonds. The monoisotopic (exact) mass is 430 g/mol. The average Bonchev–Trinajstić information content (AvgIpc) is 2.77. The van der Waals surface area contributed by atoms with Crippen molar-refractivity contribution >= 4 is 23.5 Å². The Hall–Kier alpha value is -2.38. The van der Waals surface area contributed by atoms with Crippen LogP contribution < -0.4 is 9.64 Å². The fourth-order valence-electron chi connectivity index (χ4n) is 4.06. The van der Waals surface area contributed by atoms with Crippen LogP contribution in [-0.4, -0.2) is 58.2 Å². The summed E-state index contributed by atoms with van der Waals surface area (Å²) in [6, 6.07) is 6.13. The van der Waals surface area contributed by atoms with Gasteiger partial charge >= 0.3 is 5.97 Å². The molecule has 0 bridgehead atoms. The van der Waals surface area contributed by atoms with Gasteiger partial charge in [0.05, 0.1) is 10.6 Å². The van der Waals surface area contributed by atoms with Crippen molar-refractivity contribution in [3.63, 3.8) is 0 Å². The first kappa shape index (κ1) is 20.9.